The van der Waals surface area contributed by atoms with Crippen molar-refractivity contribution in [3.8, 4) is 124 Å². The van der Waals surface area contributed by atoms with E-state index in [0.717, 1.165) is 161 Å². The van der Waals surface area contributed by atoms with E-state index in [1.807, 2.05) is 54.6 Å². The predicted molar refractivity (Wildman–Crippen MR) is 615 cm³/mol. The van der Waals surface area contributed by atoms with Crippen molar-refractivity contribution in [3.05, 3.63) is 489 Å². The second kappa shape index (κ2) is 33.8. The summed E-state index contributed by atoms with van der Waals surface area (Å²) in [6.45, 7) is 9.36. The van der Waals surface area contributed by atoms with E-state index in [1.54, 1.807) is 0 Å². The van der Waals surface area contributed by atoms with Crippen molar-refractivity contribution < 1.29 is 8.83 Å². The molecule has 692 valence electrons. The van der Waals surface area contributed by atoms with E-state index < -0.39 is 0 Å². The Morgan fingerprint density at radius 2 is 0.507 bits per heavy atom. The van der Waals surface area contributed by atoms with Crippen LogP contribution in [-0.2, 0) is 10.8 Å². The fraction of sp³-hybridized carbons (Fsp3) is 0.0432. The number of hydrogen-bond donors (Lipinski definition) is 0. The second-order valence-electron chi connectivity index (χ2n) is 40.2. The quantitative estimate of drug-likeness (QED) is 0.130. The third-order valence-corrected chi connectivity index (χ3v) is 31.1. The SMILES string of the molecule is CC1(C)c2ccccc2-c2c(-c3nc(-c4ccccc4)nc(-c4ccc5c(ccc6c5c5ccccc5c5oc7ccccc7c65)c4)n3)cccc21.CC1(C)c2ccccc2-c2c1c1ccccc1c1c2ccc2cc(-c3cccc4nc(-c5ccccc5)c(-c5ccccc5)nc34)ccc21.c1ccc(-c2nc3cccc(-c4ccc5c(ccc6c5c5ccccc5c5oc7ccccc7c65)c4)c3nc2-c2ccccc2)cc1. The van der Waals surface area contributed by atoms with Crippen molar-refractivity contribution in [1.29, 1.82) is 0 Å². The first-order valence-corrected chi connectivity index (χ1v) is 50.7. The molecule has 0 atom stereocenters. The van der Waals surface area contributed by atoms with E-state index in [2.05, 4.69) is 440 Å². The summed E-state index contributed by atoms with van der Waals surface area (Å²) in [5, 5.41) is 26.6. The van der Waals surface area contributed by atoms with Crippen LogP contribution in [0.5, 0.6) is 0 Å². The molecule has 29 aromatic rings. The molecule has 9 nitrogen and oxygen atoms in total. The smallest absolute Gasteiger partial charge is 0.164 e. The molecular formula is C139H89N7O2. The first-order chi connectivity index (χ1) is 72.9. The lowest BCUT2D eigenvalue weighted by Gasteiger charge is -2.24. The molecule has 0 N–H and O–H groups in total. The predicted octanol–water partition coefficient (Wildman–Crippen LogP) is 36.9. The lowest BCUT2D eigenvalue weighted by Crippen LogP contribution is -2.15. The second-order valence-corrected chi connectivity index (χ2v) is 40.2. The highest BCUT2D eigenvalue weighted by Crippen LogP contribution is 2.58. The van der Waals surface area contributed by atoms with Crippen LogP contribution in [0.15, 0.2) is 476 Å². The molecule has 0 aliphatic heterocycles. The fourth-order valence-electron chi connectivity index (χ4n) is 24.4. The zero-order valence-electron chi connectivity index (χ0n) is 81.4. The number of hydrogen-bond acceptors (Lipinski definition) is 9. The summed E-state index contributed by atoms with van der Waals surface area (Å²) in [6.07, 6.45) is 0. The lowest BCUT2D eigenvalue weighted by atomic mass is 9.79. The first kappa shape index (κ1) is 85.7. The minimum absolute atomic E-state index is 0.0765. The fourth-order valence-corrected chi connectivity index (χ4v) is 24.4. The molecule has 0 bridgehead atoms. The highest BCUT2D eigenvalue weighted by atomic mass is 16.3. The molecule has 148 heavy (non-hydrogen) atoms. The molecule has 2 aliphatic carbocycles. The molecule has 0 unspecified atom stereocenters. The van der Waals surface area contributed by atoms with Crippen LogP contribution in [0.25, 0.3) is 287 Å². The summed E-state index contributed by atoms with van der Waals surface area (Å²) in [5.74, 6) is 1.98. The molecule has 9 heteroatoms. The average Bonchev–Trinajstić information content (AvgIpc) is 1.54. The molecule has 24 aromatic carbocycles. The molecule has 0 radical (unpaired) electrons. The number of para-hydroxylation sites is 4. The monoisotopic (exact) mass is 1890 g/mol. The van der Waals surface area contributed by atoms with Gasteiger partial charge in [0.05, 0.1) is 44.8 Å². The number of nitrogens with zero attached hydrogens (tertiary/aromatic N) is 7. The van der Waals surface area contributed by atoms with E-state index in [4.69, 9.17) is 43.7 Å². The van der Waals surface area contributed by atoms with Gasteiger partial charge in [-0.05, 0) is 184 Å². The maximum Gasteiger partial charge on any atom is 0.164 e. The number of fused-ring (bicyclic) bond motifs is 35. The van der Waals surface area contributed by atoms with E-state index in [-0.39, 0.29) is 10.8 Å². The Balaban J connectivity index is 0.000000105. The van der Waals surface area contributed by atoms with Gasteiger partial charge in [0.25, 0.3) is 0 Å². The van der Waals surface area contributed by atoms with Crippen molar-refractivity contribution in [2.45, 2.75) is 38.5 Å². The van der Waals surface area contributed by atoms with Crippen molar-refractivity contribution in [2.24, 2.45) is 0 Å². The van der Waals surface area contributed by atoms with E-state index >= 15 is 0 Å². The molecule has 5 aromatic heterocycles. The van der Waals surface area contributed by atoms with Crippen molar-refractivity contribution in [2.75, 3.05) is 0 Å². The summed E-state index contributed by atoms with van der Waals surface area (Å²) < 4.78 is 13.0. The van der Waals surface area contributed by atoms with Gasteiger partial charge >= 0.3 is 0 Å². The highest BCUT2D eigenvalue weighted by Gasteiger charge is 2.40. The van der Waals surface area contributed by atoms with Gasteiger partial charge in [-0.3, -0.25) is 0 Å². The van der Waals surface area contributed by atoms with Crippen LogP contribution in [-0.4, -0.2) is 34.9 Å². The van der Waals surface area contributed by atoms with Crippen LogP contribution in [0.3, 0.4) is 0 Å². The zero-order chi connectivity index (χ0) is 98.1. The van der Waals surface area contributed by atoms with Gasteiger partial charge in [-0.1, -0.05) is 452 Å². The van der Waals surface area contributed by atoms with Crippen molar-refractivity contribution >= 4 is 163 Å². The number of furan rings is 2. The highest BCUT2D eigenvalue weighted by molar-refractivity contribution is 6.37. The molecule has 2 aliphatic rings. The van der Waals surface area contributed by atoms with Gasteiger partial charge < -0.3 is 8.83 Å². The van der Waals surface area contributed by atoms with Crippen LogP contribution >= 0.6 is 0 Å². The average molecular weight is 1890 g/mol. The number of benzene rings is 24. The van der Waals surface area contributed by atoms with Crippen LogP contribution < -0.4 is 0 Å². The van der Waals surface area contributed by atoms with Gasteiger partial charge in [-0.15, -0.1) is 0 Å². The molecule has 31 rings (SSSR count). The molecule has 0 amide bonds. The summed E-state index contributed by atoms with van der Waals surface area (Å²) in [6, 6.07) is 165. The van der Waals surface area contributed by atoms with Gasteiger partial charge in [0, 0.05) is 93.2 Å². The Morgan fingerprint density at radius 3 is 0.986 bits per heavy atom. The molecule has 5 heterocycles. The Morgan fingerprint density at radius 1 is 0.182 bits per heavy atom. The Bertz CT molecular complexity index is 10600. The minimum atomic E-state index is -0.125. The van der Waals surface area contributed by atoms with Crippen LogP contribution in [0.1, 0.15) is 49.9 Å². The van der Waals surface area contributed by atoms with Gasteiger partial charge in [-0.25, -0.2) is 34.9 Å². The van der Waals surface area contributed by atoms with E-state index in [0.29, 0.717) is 17.5 Å². The summed E-state index contributed by atoms with van der Waals surface area (Å²) in [7, 11) is 0. The Labute approximate surface area is 852 Å². The third-order valence-electron chi connectivity index (χ3n) is 31.1. The summed E-state index contributed by atoms with van der Waals surface area (Å²) >= 11 is 0. The van der Waals surface area contributed by atoms with Gasteiger partial charge in [0.2, 0.25) is 0 Å². The van der Waals surface area contributed by atoms with Gasteiger partial charge in [0.1, 0.15) is 22.3 Å². The van der Waals surface area contributed by atoms with E-state index in [9.17, 15) is 0 Å². The zero-order valence-corrected chi connectivity index (χ0v) is 81.4. The molecule has 0 saturated heterocycles. The molecule has 0 saturated carbocycles. The van der Waals surface area contributed by atoms with Crippen LogP contribution in [0.2, 0.25) is 0 Å². The molecule has 0 fully saturated rings. The summed E-state index contributed by atoms with van der Waals surface area (Å²) in [5.41, 5.74) is 32.8. The summed E-state index contributed by atoms with van der Waals surface area (Å²) in [4.78, 5) is 36.7. The minimum Gasteiger partial charge on any atom is -0.455 e. The van der Waals surface area contributed by atoms with Crippen molar-refractivity contribution in [1.82, 2.24) is 34.9 Å². The van der Waals surface area contributed by atoms with Crippen molar-refractivity contribution in [3.63, 3.8) is 0 Å². The first-order valence-electron chi connectivity index (χ1n) is 50.7. The standard InChI is InChI=1S/C48H31N3O.C47H32N2.C44H26N2O/c1-48(2)38-20-10-8-17-34(38)42-37(19-12-21-39(42)48)47-50-45(28-13-4-3-5-14-28)49-46(51-47)30-24-25-31-29(27-30)23-26-36-41(31)32-15-6-7-16-33(32)44-43(36)35-18-9-11-22-40(35)52-44;1-47(2)39-22-12-11-20-37(39)42-38-27-25-31-28-32(24-26-33(31)41(38)35-18-9-10-19-36(35)43(42)47)34-21-13-23-40-46(34)49-45(30-16-7-4-8-17-30)44(48-40)29-14-5-3-6-15-29;1-3-12-27(13-4-1)41-42(28-14-5-2-6-15-28)46-43-32(19-11-20-37(43)45-41)30-22-24-31-29(26-30)23-25-36-39(31)33-16-7-8-17-34(33)44-40(36)35-18-9-10-21-38(35)47-44/h3-27H,1-2H3;3-28H,1-2H3;1-26H. The third kappa shape index (κ3) is 13.5. The maximum atomic E-state index is 6.49. The van der Waals surface area contributed by atoms with Gasteiger partial charge in [0.15, 0.2) is 17.5 Å². The van der Waals surface area contributed by atoms with Crippen LogP contribution in [0.4, 0.5) is 0 Å². The Kier molecular flexibility index (Phi) is 19.6. The Hall–Kier alpha value is -19.1. The molecule has 0 spiro atoms. The van der Waals surface area contributed by atoms with Crippen LogP contribution in [0, 0.1) is 0 Å². The topological polar surface area (TPSA) is 117 Å². The normalized spacial score (nSPS) is 12.8. The number of rotatable bonds is 9. The maximum absolute atomic E-state index is 6.49. The van der Waals surface area contributed by atoms with Gasteiger partial charge in [-0.2, -0.15) is 0 Å². The largest absolute Gasteiger partial charge is 0.455 e. The number of aromatic nitrogens is 7. The molecular weight excluding hydrogens is 1800 g/mol. The van der Waals surface area contributed by atoms with E-state index in [1.165, 1.54) is 131 Å². The lowest BCUT2D eigenvalue weighted by molar-refractivity contribution is 0.660.